The van der Waals surface area contributed by atoms with Crippen molar-refractivity contribution in [2.45, 2.75) is 26.3 Å². The van der Waals surface area contributed by atoms with Crippen molar-refractivity contribution in [2.75, 3.05) is 26.2 Å². The zero-order chi connectivity index (χ0) is 15.4. The maximum absolute atomic E-state index is 12.1. The topological polar surface area (TPSA) is 61.0 Å². The number of piperidine rings is 1. The van der Waals surface area contributed by atoms with Gasteiger partial charge in [0.05, 0.1) is 17.4 Å². The van der Waals surface area contributed by atoms with Crippen molar-refractivity contribution in [1.29, 1.82) is 0 Å². The molecule has 0 bridgehead atoms. The first kappa shape index (κ1) is 15.2. The number of hydrogen-bond acceptors (Lipinski definition) is 4. The molecule has 118 valence electrons. The second kappa shape index (κ2) is 7.03. The van der Waals surface area contributed by atoms with Crippen LogP contribution in [-0.4, -0.2) is 41.0 Å². The molecular weight excluding hydrogens is 276 g/mol. The summed E-state index contributed by atoms with van der Waals surface area (Å²) in [7, 11) is 0. The van der Waals surface area contributed by atoms with E-state index in [1.165, 1.54) is 12.8 Å². The number of fused-ring (bicyclic) bond motifs is 1. The molecule has 0 amide bonds. The molecule has 1 unspecified atom stereocenters. The molecule has 2 aromatic rings. The molecule has 22 heavy (non-hydrogen) atoms. The van der Waals surface area contributed by atoms with Gasteiger partial charge in [0.1, 0.15) is 5.82 Å². The molecule has 2 heterocycles. The van der Waals surface area contributed by atoms with E-state index in [1.807, 2.05) is 24.3 Å². The quantitative estimate of drug-likeness (QED) is 0.883. The van der Waals surface area contributed by atoms with Crippen molar-refractivity contribution < 1.29 is 0 Å². The van der Waals surface area contributed by atoms with Gasteiger partial charge >= 0.3 is 0 Å². The van der Waals surface area contributed by atoms with Crippen LogP contribution in [0.5, 0.6) is 0 Å². The highest BCUT2D eigenvalue weighted by Crippen LogP contribution is 2.13. The third-order valence-electron chi connectivity index (χ3n) is 4.40. The van der Waals surface area contributed by atoms with Crippen molar-refractivity contribution in [3.05, 3.63) is 40.4 Å². The normalized spacial score (nSPS) is 18.9. The SMILES string of the molecule is CCN(Cc1nc2ccccc2c(=O)[nH]1)CC1CCCNC1. The number of aromatic amines is 1. The van der Waals surface area contributed by atoms with E-state index in [4.69, 9.17) is 0 Å². The number of aromatic nitrogens is 2. The third-order valence-corrected chi connectivity index (χ3v) is 4.40. The maximum Gasteiger partial charge on any atom is 0.258 e. The van der Waals surface area contributed by atoms with Crippen molar-refractivity contribution in [1.82, 2.24) is 20.2 Å². The second-order valence-electron chi connectivity index (χ2n) is 6.07. The van der Waals surface area contributed by atoms with E-state index >= 15 is 0 Å². The van der Waals surface area contributed by atoms with Crippen LogP contribution in [0.15, 0.2) is 29.1 Å². The van der Waals surface area contributed by atoms with Crippen LogP contribution < -0.4 is 10.9 Å². The lowest BCUT2D eigenvalue weighted by Crippen LogP contribution is -2.38. The smallest absolute Gasteiger partial charge is 0.258 e. The minimum absolute atomic E-state index is 0.0454. The molecule has 1 aliphatic rings. The van der Waals surface area contributed by atoms with Gasteiger partial charge in [0, 0.05) is 6.54 Å². The Hall–Kier alpha value is -1.72. The van der Waals surface area contributed by atoms with Crippen LogP contribution in [0.4, 0.5) is 0 Å². The van der Waals surface area contributed by atoms with E-state index < -0.39 is 0 Å². The van der Waals surface area contributed by atoms with Crippen LogP contribution in [0.25, 0.3) is 10.9 Å². The summed E-state index contributed by atoms with van der Waals surface area (Å²) in [6, 6.07) is 7.50. The maximum atomic E-state index is 12.1. The summed E-state index contributed by atoms with van der Waals surface area (Å²) in [6.45, 7) is 7.12. The van der Waals surface area contributed by atoms with Crippen molar-refractivity contribution in [3.8, 4) is 0 Å². The average molecular weight is 300 g/mol. The van der Waals surface area contributed by atoms with E-state index in [0.29, 0.717) is 17.8 Å². The number of hydrogen-bond donors (Lipinski definition) is 2. The number of para-hydroxylation sites is 1. The van der Waals surface area contributed by atoms with Gasteiger partial charge in [-0.2, -0.15) is 0 Å². The molecule has 0 aliphatic carbocycles. The molecule has 1 aromatic heterocycles. The standard InChI is InChI=1S/C17H24N4O/c1-2-21(11-13-6-5-9-18-10-13)12-16-19-15-8-4-3-7-14(15)17(22)20-16/h3-4,7-8,13,18H,2,5-6,9-12H2,1H3,(H,19,20,22). The van der Waals surface area contributed by atoms with E-state index in [0.717, 1.165) is 37.5 Å². The summed E-state index contributed by atoms with van der Waals surface area (Å²) < 4.78 is 0. The van der Waals surface area contributed by atoms with Gasteiger partial charge < -0.3 is 10.3 Å². The molecule has 1 aliphatic heterocycles. The molecule has 5 heteroatoms. The zero-order valence-electron chi connectivity index (χ0n) is 13.1. The zero-order valence-corrected chi connectivity index (χ0v) is 13.1. The number of H-pyrrole nitrogens is 1. The minimum atomic E-state index is -0.0454. The summed E-state index contributed by atoms with van der Waals surface area (Å²) in [6.07, 6.45) is 2.54. The van der Waals surface area contributed by atoms with Gasteiger partial charge in [-0.25, -0.2) is 4.98 Å². The second-order valence-corrected chi connectivity index (χ2v) is 6.07. The average Bonchev–Trinajstić information content (AvgIpc) is 2.55. The molecule has 1 atom stereocenters. The Morgan fingerprint density at radius 3 is 3.00 bits per heavy atom. The molecule has 1 aromatic carbocycles. The van der Waals surface area contributed by atoms with Gasteiger partial charge in [-0.3, -0.25) is 9.69 Å². The predicted octanol–water partition coefficient (Wildman–Crippen LogP) is 1.74. The van der Waals surface area contributed by atoms with Crippen LogP contribution in [0.3, 0.4) is 0 Å². The molecule has 1 fully saturated rings. The first-order valence-corrected chi connectivity index (χ1v) is 8.17. The first-order valence-electron chi connectivity index (χ1n) is 8.17. The van der Waals surface area contributed by atoms with Gasteiger partial charge in [-0.1, -0.05) is 19.1 Å². The fraction of sp³-hybridized carbons (Fsp3) is 0.529. The fourth-order valence-corrected chi connectivity index (χ4v) is 3.17. The van der Waals surface area contributed by atoms with E-state index in [2.05, 4.69) is 27.1 Å². The molecule has 0 radical (unpaired) electrons. The van der Waals surface area contributed by atoms with E-state index in [1.54, 1.807) is 0 Å². The molecule has 1 saturated heterocycles. The van der Waals surface area contributed by atoms with Crippen LogP contribution in [0.2, 0.25) is 0 Å². The lowest BCUT2D eigenvalue weighted by molar-refractivity contribution is 0.206. The lowest BCUT2D eigenvalue weighted by Gasteiger charge is -2.29. The highest BCUT2D eigenvalue weighted by molar-refractivity contribution is 5.77. The van der Waals surface area contributed by atoms with Crippen LogP contribution >= 0.6 is 0 Å². The number of benzene rings is 1. The monoisotopic (exact) mass is 300 g/mol. The first-order chi connectivity index (χ1) is 10.8. The summed E-state index contributed by atoms with van der Waals surface area (Å²) in [5, 5.41) is 4.12. The van der Waals surface area contributed by atoms with Crippen LogP contribution in [0, 0.1) is 5.92 Å². The molecular formula is C17H24N4O. The summed E-state index contributed by atoms with van der Waals surface area (Å²) >= 11 is 0. The van der Waals surface area contributed by atoms with E-state index in [9.17, 15) is 4.79 Å². The van der Waals surface area contributed by atoms with Crippen molar-refractivity contribution in [3.63, 3.8) is 0 Å². The van der Waals surface area contributed by atoms with E-state index in [-0.39, 0.29) is 5.56 Å². The van der Waals surface area contributed by atoms with Crippen molar-refractivity contribution in [2.24, 2.45) is 5.92 Å². The third kappa shape index (κ3) is 3.54. The Morgan fingerprint density at radius 2 is 2.23 bits per heavy atom. The van der Waals surface area contributed by atoms with Gasteiger partial charge in [0.25, 0.3) is 5.56 Å². The molecule has 3 rings (SSSR count). The Morgan fingerprint density at radius 1 is 1.36 bits per heavy atom. The number of nitrogens with zero attached hydrogens (tertiary/aromatic N) is 2. The van der Waals surface area contributed by atoms with Gasteiger partial charge in [0.2, 0.25) is 0 Å². The Kier molecular flexibility index (Phi) is 4.85. The number of nitrogens with one attached hydrogen (secondary N) is 2. The largest absolute Gasteiger partial charge is 0.316 e. The Bertz CT molecular complexity index is 676. The highest BCUT2D eigenvalue weighted by Gasteiger charge is 2.17. The van der Waals surface area contributed by atoms with Gasteiger partial charge in [0.15, 0.2) is 0 Å². The Labute approximate surface area is 130 Å². The highest BCUT2D eigenvalue weighted by atomic mass is 16.1. The van der Waals surface area contributed by atoms with Gasteiger partial charge in [-0.05, 0) is 50.5 Å². The summed E-state index contributed by atoms with van der Waals surface area (Å²) in [5.41, 5.74) is 0.729. The number of rotatable bonds is 5. The predicted molar refractivity (Wildman–Crippen MR) is 88.9 cm³/mol. The van der Waals surface area contributed by atoms with Gasteiger partial charge in [-0.15, -0.1) is 0 Å². The molecule has 0 saturated carbocycles. The fourth-order valence-electron chi connectivity index (χ4n) is 3.17. The molecule has 2 N–H and O–H groups in total. The molecule has 0 spiro atoms. The Balaban J connectivity index is 1.74. The minimum Gasteiger partial charge on any atom is -0.316 e. The van der Waals surface area contributed by atoms with Crippen LogP contribution in [-0.2, 0) is 6.54 Å². The summed E-state index contributed by atoms with van der Waals surface area (Å²) in [5.74, 6) is 1.45. The lowest BCUT2D eigenvalue weighted by atomic mass is 9.99. The van der Waals surface area contributed by atoms with Crippen molar-refractivity contribution >= 4 is 10.9 Å². The van der Waals surface area contributed by atoms with Crippen LogP contribution in [0.1, 0.15) is 25.6 Å². The summed E-state index contributed by atoms with van der Waals surface area (Å²) in [4.78, 5) is 22.0. The molecule has 5 nitrogen and oxygen atoms in total.